The van der Waals surface area contributed by atoms with Crippen molar-refractivity contribution in [3.05, 3.63) is 84.2 Å². The Morgan fingerprint density at radius 2 is 1.88 bits per heavy atom. The second-order valence-corrected chi connectivity index (χ2v) is 9.06. The summed E-state index contributed by atoms with van der Waals surface area (Å²) in [5, 5.41) is 9.83. The lowest BCUT2D eigenvalue weighted by Gasteiger charge is -2.40. The van der Waals surface area contributed by atoms with E-state index in [-0.39, 0.29) is 23.6 Å². The molecule has 0 unspecified atom stereocenters. The van der Waals surface area contributed by atoms with E-state index in [2.05, 4.69) is 6.58 Å². The first-order chi connectivity index (χ1) is 15.7. The smallest absolute Gasteiger partial charge is 0.258 e. The third-order valence-electron chi connectivity index (χ3n) is 6.05. The Labute approximate surface area is 200 Å². The van der Waals surface area contributed by atoms with Crippen molar-refractivity contribution in [1.29, 1.82) is 0 Å². The van der Waals surface area contributed by atoms with Gasteiger partial charge in [-0.15, -0.1) is 23.2 Å². The number of carbonyl (C=O) groups excluding carboxylic acids is 2. The van der Waals surface area contributed by atoms with Gasteiger partial charge in [-0.3, -0.25) is 9.59 Å². The Kier molecular flexibility index (Phi) is 5.85. The van der Waals surface area contributed by atoms with Crippen LogP contribution >= 0.6 is 23.2 Å². The lowest BCUT2D eigenvalue weighted by Crippen LogP contribution is -2.55. The number of halogens is 3. The number of fused-ring (bicyclic) bond motifs is 1. The van der Waals surface area contributed by atoms with E-state index in [0.717, 1.165) is 17.0 Å². The molecule has 2 aromatic rings. The molecule has 170 valence electrons. The Morgan fingerprint density at radius 1 is 1.18 bits per heavy atom. The van der Waals surface area contributed by atoms with Crippen molar-refractivity contribution < 1.29 is 23.8 Å². The first-order valence-corrected chi connectivity index (χ1v) is 10.8. The highest BCUT2D eigenvalue weighted by molar-refractivity contribution is 6.57. The van der Waals surface area contributed by atoms with Gasteiger partial charge in [0.2, 0.25) is 0 Å². The number of phenols is 1. The zero-order valence-electron chi connectivity index (χ0n) is 17.6. The topological polar surface area (TPSA) is 66.8 Å². The number of methoxy groups -OCH3 is 1. The summed E-state index contributed by atoms with van der Waals surface area (Å²) in [6.07, 6.45) is 6.73. The molecule has 2 aliphatic rings. The number of hydrogen-bond acceptors (Lipinski definition) is 4. The number of hydrogen-bond donors (Lipinski definition) is 1. The fourth-order valence-corrected chi connectivity index (χ4v) is 5.07. The summed E-state index contributed by atoms with van der Waals surface area (Å²) in [6, 6.07) is 9.73. The van der Waals surface area contributed by atoms with Crippen molar-refractivity contribution in [1.82, 2.24) is 0 Å². The molecule has 8 heteroatoms. The Bertz CT molecular complexity index is 1210. The molecule has 1 N–H and O–H groups in total. The molecule has 2 amide bonds. The van der Waals surface area contributed by atoms with Crippen molar-refractivity contribution in [2.45, 2.75) is 16.2 Å². The minimum absolute atomic E-state index is 0.0147. The lowest BCUT2D eigenvalue weighted by atomic mass is 9.71. The molecule has 4 rings (SSSR count). The van der Waals surface area contributed by atoms with Crippen LogP contribution in [0.4, 0.5) is 10.1 Å². The van der Waals surface area contributed by atoms with Gasteiger partial charge in [-0.1, -0.05) is 36.9 Å². The molecule has 1 aliphatic carbocycles. The average Bonchev–Trinajstić information content (AvgIpc) is 2.96. The van der Waals surface area contributed by atoms with Crippen LogP contribution in [0.5, 0.6) is 11.5 Å². The van der Waals surface area contributed by atoms with Crippen molar-refractivity contribution in [3.63, 3.8) is 0 Å². The minimum atomic E-state index is -1.84. The summed E-state index contributed by atoms with van der Waals surface area (Å²) < 4.78 is 18.6. The van der Waals surface area contributed by atoms with Gasteiger partial charge in [0.05, 0.1) is 12.8 Å². The van der Waals surface area contributed by atoms with Gasteiger partial charge in [-0.2, -0.15) is 0 Å². The number of alkyl halides is 2. The SMILES string of the molecule is C=CC1=CC[C@@]2(Cl)C(=O)N(c3ccc(F)cc3)C(=O)[C@@]2(Cl)[C@H]1C=Cc1ccc(O)c(OC)c1. The number of anilines is 1. The van der Waals surface area contributed by atoms with Gasteiger partial charge in [0.1, 0.15) is 5.82 Å². The van der Waals surface area contributed by atoms with Crippen LogP contribution in [0.2, 0.25) is 0 Å². The number of phenolic OH excluding ortho intramolecular Hbond substituents is 1. The van der Waals surface area contributed by atoms with Crippen molar-refractivity contribution in [3.8, 4) is 11.5 Å². The molecular formula is C25H20Cl2FNO4. The van der Waals surface area contributed by atoms with Gasteiger partial charge < -0.3 is 9.84 Å². The number of allylic oxidation sites excluding steroid dienone is 4. The van der Waals surface area contributed by atoms with Crippen LogP contribution in [0.1, 0.15) is 12.0 Å². The van der Waals surface area contributed by atoms with E-state index in [9.17, 15) is 19.1 Å². The number of benzene rings is 2. The summed E-state index contributed by atoms with van der Waals surface area (Å²) >= 11 is 13.8. The fraction of sp³-hybridized carbons (Fsp3) is 0.200. The number of rotatable bonds is 5. The Hall–Kier alpha value is -3.09. The van der Waals surface area contributed by atoms with E-state index in [1.807, 2.05) is 0 Å². The van der Waals surface area contributed by atoms with Crippen LogP contribution in [0.25, 0.3) is 6.08 Å². The highest BCUT2D eigenvalue weighted by Crippen LogP contribution is 2.57. The van der Waals surface area contributed by atoms with Crippen LogP contribution in [0.15, 0.2) is 72.8 Å². The van der Waals surface area contributed by atoms with E-state index in [0.29, 0.717) is 11.1 Å². The van der Waals surface area contributed by atoms with E-state index in [4.69, 9.17) is 27.9 Å². The quantitative estimate of drug-likeness (QED) is 0.464. The standard InChI is InChI=1S/C25H20Cl2FNO4/c1-3-16-12-13-24(26)22(31)29(18-8-6-17(28)7-9-18)23(32)25(24,27)19(16)10-4-15-5-11-20(30)21(14-15)33-2/h3-12,14,19,30H,1,13H2,2H3/t19-,24+,25-/m0/s1. The molecule has 1 fully saturated rings. The number of carbonyl (C=O) groups is 2. The first kappa shape index (κ1) is 23.1. The van der Waals surface area contributed by atoms with Gasteiger partial charge in [-0.25, -0.2) is 9.29 Å². The van der Waals surface area contributed by atoms with Crippen LogP contribution in [-0.4, -0.2) is 33.8 Å². The molecule has 5 nitrogen and oxygen atoms in total. The third kappa shape index (κ3) is 3.45. The van der Waals surface area contributed by atoms with Gasteiger partial charge >= 0.3 is 0 Å². The molecule has 1 heterocycles. The highest BCUT2D eigenvalue weighted by atomic mass is 35.5. The molecule has 1 aliphatic heterocycles. The number of imide groups is 1. The maximum absolute atomic E-state index is 13.6. The molecule has 33 heavy (non-hydrogen) atoms. The first-order valence-electron chi connectivity index (χ1n) is 10.1. The summed E-state index contributed by atoms with van der Waals surface area (Å²) in [6.45, 7) is 3.82. The van der Waals surface area contributed by atoms with Gasteiger partial charge in [-0.05, 0) is 54.0 Å². The van der Waals surface area contributed by atoms with E-state index < -0.39 is 33.3 Å². The minimum Gasteiger partial charge on any atom is -0.504 e. The lowest BCUT2D eigenvalue weighted by molar-refractivity contribution is -0.122. The maximum Gasteiger partial charge on any atom is 0.258 e. The van der Waals surface area contributed by atoms with E-state index in [1.54, 1.807) is 36.4 Å². The van der Waals surface area contributed by atoms with Crippen LogP contribution in [-0.2, 0) is 9.59 Å². The molecule has 0 saturated carbocycles. The van der Waals surface area contributed by atoms with Gasteiger partial charge in [0, 0.05) is 5.92 Å². The zero-order chi connectivity index (χ0) is 24.0. The summed E-state index contributed by atoms with van der Waals surface area (Å²) in [7, 11) is 1.44. The largest absolute Gasteiger partial charge is 0.504 e. The molecule has 0 spiro atoms. The monoisotopic (exact) mass is 487 g/mol. The van der Waals surface area contributed by atoms with E-state index in [1.165, 1.54) is 25.3 Å². The predicted molar refractivity (Wildman–Crippen MR) is 126 cm³/mol. The van der Waals surface area contributed by atoms with Crippen LogP contribution in [0, 0.1) is 11.7 Å². The molecular weight excluding hydrogens is 468 g/mol. The fourth-order valence-electron chi connectivity index (χ4n) is 4.27. The number of nitrogens with zero attached hydrogens (tertiary/aromatic N) is 1. The Balaban J connectivity index is 1.80. The molecule has 3 atom stereocenters. The molecule has 0 aromatic heterocycles. The Morgan fingerprint density at radius 3 is 2.52 bits per heavy atom. The van der Waals surface area contributed by atoms with E-state index >= 15 is 0 Å². The van der Waals surface area contributed by atoms with Crippen LogP contribution < -0.4 is 9.64 Å². The van der Waals surface area contributed by atoms with Gasteiger partial charge in [0.25, 0.3) is 11.8 Å². The van der Waals surface area contributed by atoms with Crippen molar-refractivity contribution >= 4 is 46.8 Å². The summed E-state index contributed by atoms with van der Waals surface area (Å²) in [4.78, 5) is 24.3. The highest BCUT2D eigenvalue weighted by Gasteiger charge is 2.72. The number of amides is 2. The summed E-state index contributed by atoms with van der Waals surface area (Å²) in [5.74, 6) is -2.39. The predicted octanol–water partition coefficient (Wildman–Crippen LogP) is 5.21. The molecule has 0 bridgehead atoms. The average molecular weight is 488 g/mol. The number of ether oxygens (including phenoxy) is 1. The van der Waals surface area contributed by atoms with Gasteiger partial charge in [0.15, 0.2) is 21.2 Å². The van der Waals surface area contributed by atoms with Crippen LogP contribution in [0.3, 0.4) is 0 Å². The second kappa shape index (κ2) is 8.36. The third-order valence-corrected chi connectivity index (χ3v) is 7.48. The maximum atomic E-state index is 13.6. The number of aromatic hydroxyl groups is 1. The normalized spacial score (nSPS) is 27.0. The molecule has 1 saturated heterocycles. The zero-order valence-corrected chi connectivity index (χ0v) is 19.1. The molecule has 2 aromatic carbocycles. The van der Waals surface area contributed by atoms with Crippen molar-refractivity contribution in [2.75, 3.05) is 12.0 Å². The van der Waals surface area contributed by atoms with Crippen molar-refractivity contribution in [2.24, 2.45) is 5.92 Å². The summed E-state index contributed by atoms with van der Waals surface area (Å²) in [5.41, 5.74) is 1.50. The second-order valence-electron chi connectivity index (χ2n) is 7.82. The molecule has 0 radical (unpaired) electrons.